The molecule has 158 valence electrons. The Bertz CT molecular complexity index is 1090. The summed E-state index contributed by atoms with van der Waals surface area (Å²) in [7, 11) is 0. The van der Waals surface area contributed by atoms with Gasteiger partial charge in [0, 0.05) is 23.0 Å². The normalized spacial score (nSPS) is 10.6. The van der Waals surface area contributed by atoms with E-state index in [4.69, 9.17) is 21.4 Å². The topological polar surface area (TPSA) is 113 Å². The Morgan fingerprint density at radius 2 is 1.90 bits per heavy atom. The van der Waals surface area contributed by atoms with Crippen LogP contribution in [0.15, 0.2) is 72.1 Å². The second-order valence-electron chi connectivity index (χ2n) is 6.22. The number of halogens is 1. The summed E-state index contributed by atoms with van der Waals surface area (Å²) in [5, 5.41) is 15.8. The van der Waals surface area contributed by atoms with Gasteiger partial charge in [0.05, 0.1) is 24.1 Å². The van der Waals surface area contributed by atoms with Crippen LogP contribution in [-0.2, 0) is 0 Å². The van der Waals surface area contributed by atoms with Crippen LogP contribution in [0.4, 0.5) is 5.69 Å². The number of amides is 2. The predicted octanol–water partition coefficient (Wildman–Crippen LogP) is 3.12. The minimum absolute atomic E-state index is 0.0892. The number of carbonyl (C=O) groups is 2. The fourth-order valence-corrected chi connectivity index (χ4v) is 2.76. The van der Waals surface area contributed by atoms with E-state index in [1.807, 2.05) is 0 Å². The number of pyridine rings is 1. The van der Waals surface area contributed by atoms with Crippen LogP contribution in [-0.4, -0.2) is 41.3 Å². The number of carbonyl (C=O) groups excluding carboxylic acids is 2. The third kappa shape index (κ3) is 6.36. The molecule has 0 aliphatic heterocycles. The van der Waals surface area contributed by atoms with E-state index in [1.165, 1.54) is 24.7 Å². The summed E-state index contributed by atoms with van der Waals surface area (Å²) in [5.41, 5.74) is 3.96. The molecule has 0 bridgehead atoms. The van der Waals surface area contributed by atoms with Gasteiger partial charge in [-0.05, 0) is 48.0 Å². The molecule has 0 spiro atoms. The molecule has 0 radical (unpaired) electrons. The van der Waals surface area contributed by atoms with Gasteiger partial charge < -0.3 is 15.2 Å². The lowest BCUT2D eigenvalue weighted by atomic mass is 10.1. The highest BCUT2D eigenvalue weighted by Gasteiger charge is 2.15. The van der Waals surface area contributed by atoms with E-state index in [1.54, 1.807) is 48.5 Å². The number of hydrazone groups is 1. The Morgan fingerprint density at radius 1 is 1.10 bits per heavy atom. The van der Waals surface area contributed by atoms with Crippen molar-refractivity contribution in [2.24, 2.45) is 5.10 Å². The minimum atomic E-state index is -0.545. The van der Waals surface area contributed by atoms with Gasteiger partial charge in [0.15, 0.2) is 0 Å². The van der Waals surface area contributed by atoms with Crippen molar-refractivity contribution in [1.82, 2.24) is 10.4 Å². The highest BCUT2D eigenvalue weighted by atomic mass is 35.5. The highest BCUT2D eigenvalue weighted by Crippen LogP contribution is 2.21. The van der Waals surface area contributed by atoms with Gasteiger partial charge in [-0.3, -0.25) is 14.6 Å². The number of benzene rings is 2. The van der Waals surface area contributed by atoms with E-state index in [9.17, 15) is 9.59 Å². The van der Waals surface area contributed by atoms with Gasteiger partial charge in [-0.15, -0.1) is 0 Å². The maximum absolute atomic E-state index is 12.6. The van der Waals surface area contributed by atoms with E-state index in [0.29, 0.717) is 27.6 Å². The molecule has 0 saturated carbocycles. The summed E-state index contributed by atoms with van der Waals surface area (Å²) in [6.45, 7) is 0.0914. The quantitative estimate of drug-likeness (QED) is 0.369. The Labute approximate surface area is 183 Å². The summed E-state index contributed by atoms with van der Waals surface area (Å²) in [4.78, 5) is 28.9. The number of nitrogens with one attached hydrogen (secondary N) is 2. The Balaban J connectivity index is 1.71. The second-order valence-corrected chi connectivity index (χ2v) is 6.66. The fourth-order valence-electron chi connectivity index (χ4n) is 2.58. The number of rotatable bonds is 8. The van der Waals surface area contributed by atoms with Crippen molar-refractivity contribution in [2.75, 3.05) is 18.5 Å². The Morgan fingerprint density at radius 3 is 2.68 bits per heavy atom. The van der Waals surface area contributed by atoms with Crippen LogP contribution in [0.25, 0.3) is 0 Å². The Kier molecular flexibility index (Phi) is 7.69. The van der Waals surface area contributed by atoms with E-state index < -0.39 is 5.91 Å². The molecular formula is C22H19ClN4O4. The molecule has 8 nitrogen and oxygen atoms in total. The van der Waals surface area contributed by atoms with Gasteiger partial charge >= 0.3 is 0 Å². The third-order valence-electron chi connectivity index (χ3n) is 4.01. The lowest BCUT2D eigenvalue weighted by molar-refractivity contribution is 0.0956. The second kappa shape index (κ2) is 10.9. The molecule has 0 aliphatic carbocycles. The molecule has 1 heterocycles. The van der Waals surface area contributed by atoms with Crippen LogP contribution < -0.4 is 15.5 Å². The number of hydrogen-bond donors (Lipinski definition) is 3. The number of hydrogen-bond acceptors (Lipinski definition) is 6. The summed E-state index contributed by atoms with van der Waals surface area (Å²) >= 11 is 6.03. The smallest absolute Gasteiger partial charge is 0.273 e. The molecule has 0 unspecified atom stereocenters. The molecule has 1 aromatic heterocycles. The summed E-state index contributed by atoms with van der Waals surface area (Å²) in [6.07, 6.45) is 4.45. The molecule has 2 aromatic carbocycles. The van der Waals surface area contributed by atoms with Crippen LogP contribution >= 0.6 is 11.6 Å². The van der Waals surface area contributed by atoms with E-state index in [0.717, 1.165) is 0 Å². The first-order valence-electron chi connectivity index (χ1n) is 9.25. The zero-order chi connectivity index (χ0) is 22.1. The van der Waals surface area contributed by atoms with Crippen LogP contribution in [0, 0.1) is 0 Å². The highest BCUT2D eigenvalue weighted by molar-refractivity contribution is 6.31. The molecule has 31 heavy (non-hydrogen) atoms. The minimum Gasteiger partial charge on any atom is -0.491 e. The average Bonchev–Trinajstić information content (AvgIpc) is 2.79. The van der Waals surface area contributed by atoms with Crippen molar-refractivity contribution >= 4 is 35.3 Å². The van der Waals surface area contributed by atoms with Gasteiger partial charge in [0.1, 0.15) is 12.4 Å². The number of ether oxygens (including phenoxy) is 1. The zero-order valence-electron chi connectivity index (χ0n) is 16.3. The maximum Gasteiger partial charge on any atom is 0.273 e. The maximum atomic E-state index is 12.6. The van der Waals surface area contributed by atoms with Gasteiger partial charge in [-0.1, -0.05) is 23.7 Å². The molecule has 0 fully saturated rings. The molecule has 3 N–H and O–H groups in total. The van der Waals surface area contributed by atoms with Crippen LogP contribution in [0.3, 0.4) is 0 Å². The monoisotopic (exact) mass is 438 g/mol. The number of aromatic nitrogens is 1. The molecule has 0 saturated heterocycles. The summed E-state index contributed by atoms with van der Waals surface area (Å²) in [6, 6.07) is 14.7. The van der Waals surface area contributed by atoms with Crippen molar-refractivity contribution in [3.63, 3.8) is 0 Å². The first-order chi connectivity index (χ1) is 15.1. The third-order valence-corrected chi connectivity index (χ3v) is 4.25. The van der Waals surface area contributed by atoms with Gasteiger partial charge in [0.25, 0.3) is 11.8 Å². The average molecular weight is 439 g/mol. The molecular weight excluding hydrogens is 420 g/mol. The molecule has 0 aliphatic rings. The number of aliphatic hydroxyl groups is 1. The van der Waals surface area contributed by atoms with Crippen molar-refractivity contribution in [1.29, 1.82) is 0 Å². The number of nitrogens with zero attached hydrogens (tertiary/aromatic N) is 2. The van der Waals surface area contributed by atoms with E-state index in [-0.39, 0.29) is 24.7 Å². The van der Waals surface area contributed by atoms with Crippen LogP contribution in [0.5, 0.6) is 5.75 Å². The molecule has 9 heteroatoms. The first kappa shape index (κ1) is 21.9. The molecule has 3 aromatic rings. The predicted molar refractivity (Wildman–Crippen MR) is 118 cm³/mol. The molecule has 3 rings (SSSR count). The van der Waals surface area contributed by atoms with Gasteiger partial charge in [-0.25, -0.2) is 5.43 Å². The van der Waals surface area contributed by atoms with Gasteiger partial charge in [0.2, 0.25) is 0 Å². The van der Waals surface area contributed by atoms with Crippen molar-refractivity contribution in [2.45, 2.75) is 0 Å². The van der Waals surface area contributed by atoms with Crippen LogP contribution in [0.2, 0.25) is 5.02 Å². The van der Waals surface area contributed by atoms with Crippen molar-refractivity contribution in [3.8, 4) is 5.75 Å². The number of anilines is 1. The Hall–Kier alpha value is -3.75. The van der Waals surface area contributed by atoms with E-state index >= 15 is 0 Å². The summed E-state index contributed by atoms with van der Waals surface area (Å²) < 4.78 is 5.34. The van der Waals surface area contributed by atoms with Crippen molar-refractivity contribution < 1.29 is 19.4 Å². The van der Waals surface area contributed by atoms with Crippen LogP contribution in [0.1, 0.15) is 26.3 Å². The zero-order valence-corrected chi connectivity index (χ0v) is 17.0. The lowest BCUT2D eigenvalue weighted by Gasteiger charge is -2.10. The fraction of sp³-hybridized carbons (Fsp3) is 0.0909. The summed E-state index contributed by atoms with van der Waals surface area (Å²) in [5.74, 6) is -0.362. The largest absolute Gasteiger partial charge is 0.491 e. The first-order valence-corrected chi connectivity index (χ1v) is 9.62. The van der Waals surface area contributed by atoms with E-state index in [2.05, 4.69) is 20.8 Å². The molecule has 2 amide bonds. The standard InChI is InChI=1S/C22H19ClN4O4/c23-17-4-5-20(26-21(29)16-6-8-24-9-7-16)19(13-17)22(30)27-25-14-15-2-1-3-18(12-15)31-11-10-28/h1-9,12-14,28H,10-11H2,(H,26,29)(H,27,30)/b25-14-. The number of aliphatic hydroxyl groups excluding tert-OH is 1. The molecule has 0 atom stereocenters. The lowest BCUT2D eigenvalue weighted by Crippen LogP contribution is -2.21. The van der Waals surface area contributed by atoms with Crippen molar-refractivity contribution in [3.05, 3.63) is 88.7 Å². The SMILES string of the molecule is O=C(Nc1ccc(Cl)cc1C(=O)N/N=C\c1cccc(OCCO)c1)c1ccncc1. The van der Waals surface area contributed by atoms with Gasteiger partial charge in [-0.2, -0.15) is 5.10 Å².